The highest BCUT2D eigenvalue weighted by atomic mass is 16.5. The Morgan fingerprint density at radius 2 is 2.27 bits per heavy atom. The van der Waals surface area contributed by atoms with Gasteiger partial charge in [-0.15, -0.1) is 0 Å². The molecule has 1 aromatic rings. The van der Waals surface area contributed by atoms with Crippen molar-refractivity contribution in [3.63, 3.8) is 0 Å². The Hall–Kier alpha value is -1.71. The molecule has 0 saturated heterocycles. The number of nitrogens with two attached hydrogens (primary N) is 1. The molecule has 1 unspecified atom stereocenters. The van der Waals surface area contributed by atoms with Crippen LogP contribution in [0.15, 0.2) is 18.2 Å². The predicted molar refractivity (Wildman–Crippen MR) is 57.9 cm³/mol. The van der Waals surface area contributed by atoms with E-state index in [1.165, 1.54) is 0 Å². The monoisotopic (exact) mass is 209 g/mol. The molecule has 0 aliphatic heterocycles. The molecule has 0 aromatic heterocycles. The lowest BCUT2D eigenvalue weighted by Gasteiger charge is -2.11. The number of hydrogen-bond acceptors (Lipinski definition) is 3. The quantitative estimate of drug-likeness (QED) is 0.740. The Morgan fingerprint density at radius 3 is 2.80 bits per heavy atom. The molecule has 0 aliphatic carbocycles. The maximum atomic E-state index is 10.6. The summed E-state index contributed by atoms with van der Waals surface area (Å²) in [6.07, 6.45) is 0. The largest absolute Gasteiger partial charge is 0.492 e. The van der Waals surface area contributed by atoms with Crippen LogP contribution in [-0.4, -0.2) is 17.7 Å². The van der Waals surface area contributed by atoms with Crippen molar-refractivity contribution in [2.45, 2.75) is 13.8 Å². The van der Waals surface area contributed by atoms with Crippen molar-refractivity contribution in [1.82, 2.24) is 0 Å². The summed E-state index contributed by atoms with van der Waals surface area (Å²) in [5.41, 5.74) is 7.16. The molecule has 0 radical (unpaired) electrons. The molecule has 1 rings (SSSR count). The number of benzene rings is 1. The number of carbonyl (C=O) groups is 1. The van der Waals surface area contributed by atoms with E-state index in [0.29, 0.717) is 11.4 Å². The van der Waals surface area contributed by atoms with Gasteiger partial charge in [-0.1, -0.05) is 0 Å². The number of aryl methyl sites for hydroxylation is 1. The average molecular weight is 209 g/mol. The number of ether oxygens (including phenoxy) is 1. The number of hydrogen-bond donors (Lipinski definition) is 2. The molecule has 0 fully saturated rings. The van der Waals surface area contributed by atoms with Crippen LogP contribution in [-0.2, 0) is 4.79 Å². The third kappa shape index (κ3) is 3.16. The van der Waals surface area contributed by atoms with Crippen LogP contribution in [0.5, 0.6) is 5.75 Å². The first-order valence-corrected chi connectivity index (χ1v) is 4.72. The van der Waals surface area contributed by atoms with Gasteiger partial charge in [0, 0.05) is 5.69 Å². The zero-order valence-corrected chi connectivity index (χ0v) is 8.86. The number of carboxylic acid groups (broad SMARTS) is 1. The molecular weight excluding hydrogens is 194 g/mol. The van der Waals surface area contributed by atoms with Crippen molar-refractivity contribution in [3.8, 4) is 5.75 Å². The van der Waals surface area contributed by atoms with Crippen molar-refractivity contribution in [3.05, 3.63) is 23.8 Å². The van der Waals surface area contributed by atoms with E-state index in [1.54, 1.807) is 25.1 Å². The van der Waals surface area contributed by atoms with E-state index >= 15 is 0 Å². The third-order valence-corrected chi connectivity index (χ3v) is 2.11. The number of aliphatic carboxylic acids is 1. The lowest BCUT2D eigenvalue weighted by molar-refractivity contribution is -0.142. The van der Waals surface area contributed by atoms with Gasteiger partial charge in [0.2, 0.25) is 0 Å². The first-order chi connectivity index (χ1) is 7.00. The third-order valence-electron chi connectivity index (χ3n) is 2.11. The van der Waals surface area contributed by atoms with Gasteiger partial charge in [0.15, 0.2) is 0 Å². The van der Waals surface area contributed by atoms with E-state index < -0.39 is 11.9 Å². The molecule has 0 bridgehead atoms. The molecule has 82 valence electrons. The fourth-order valence-corrected chi connectivity index (χ4v) is 1.12. The van der Waals surface area contributed by atoms with Gasteiger partial charge in [-0.3, -0.25) is 4.79 Å². The number of anilines is 1. The zero-order chi connectivity index (χ0) is 11.4. The van der Waals surface area contributed by atoms with Gasteiger partial charge in [-0.25, -0.2) is 0 Å². The van der Waals surface area contributed by atoms with E-state index in [2.05, 4.69) is 0 Å². The average Bonchev–Trinajstić information content (AvgIpc) is 2.15. The summed E-state index contributed by atoms with van der Waals surface area (Å²) in [7, 11) is 0. The highest BCUT2D eigenvalue weighted by Gasteiger charge is 2.11. The smallest absolute Gasteiger partial charge is 0.309 e. The molecule has 4 heteroatoms. The summed E-state index contributed by atoms with van der Waals surface area (Å²) in [6.45, 7) is 3.65. The molecule has 0 heterocycles. The van der Waals surface area contributed by atoms with Gasteiger partial charge in [-0.2, -0.15) is 0 Å². The second kappa shape index (κ2) is 4.68. The fraction of sp³-hybridized carbons (Fsp3) is 0.364. The van der Waals surface area contributed by atoms with Crippen LogP contribution in [0.4, 0.5) is 5.69 Å². The summed E-state index contributed by atoms with van der Waals surface area (Å²) in [5, 5.41) is 8.67. The lowest BCUT2D eigenvalue weighted by Crippen LogP contribution is -2.18. The standard InChI is InChI=1S/C11H15NO3/c1-7-5-9(12)3-4-10(7)15-6-8(2)11(13)14/h3-5,8H,6,12H2,1-2H3,(H,13,14). The highest BCUT2D eigenvalue weighted by Crippen LogP contribution is 2.20. The minimum Gasteiger partial charge on any atom is -0.492 e. The van der Waals surface area contributed by atoms with Crippen LogP contribution >= 0.6 is 0 Å². The Labute approximate surface area is 88.7 Å². The molecular formula is C11H15NO3. The molecule has 3 N–H and O–H groups in total. The number of rotatable bonds is 4. The van der Waals surface area contributed by atoms with Crippen LogP contribution in [0, 0.1) is 12.8 Å². The Morgan fingerprint density at radius 1 is 1.60 bits per heavy atom. The second-order valence-corrected chi connectivity index (χ2v) is 3.58. The molecule has 1 aromatic carbocycles. The number of carboxylic acids is 1. The normalized spacial score (nSPS) is 12.1. The van der Waals surface area contributed by atoms with Gasteiger partial charge in [-0.05, 0) is 37.6 Å². The van der Waals surface area contributed by atoms with Gasteiger partial charge in [0.25, 0.3) is 0 Å². The van der Waals surface area contributed by atoms with Crippen molar-refractivity contribution in [1.29, 1.82) is 0 Å². The summed E-state index contributed by atoms with van der Waals surface area (Å²) in [5.74, 6) is -0.692. The maximum absolute atomic E-state index is 10.6. The van der Waals surface area contributed by atoms with Gasteiger partial charge in [0.05, 0.1) is 5.92 Å². The minimum absolute atomic E-state index is 0.167. The van der Waals surface area contributed by atoms with Gasteiger partial charge >= 0.3 is 5.97 Å². The Kier molecular flexibility index (Phi) is 3.55. The molecule has 0 spiro atoms. The van der Waals surface area contributed by atoms with E-state index in [1.807, 2.05) is 6.92 Å². The minimum atomic E-state index is -0.858. The van der Waals surface area contributed by atoms with Crippen molar-refractivity contribution in [2.24, 2.45) is 5.92 Å². The van der Waals surface area contributed by atoms with E-state index in [0.717, 1.165) is 5.56 Å². The van der Waals surface area contributed by atoms with E-state index in [-0.39, 0.29) is 6.61 Å². The first kappa shape index (κ1) is 11.4. The molecule has 4 nitrogen and oxygen atoms in total. The molecule has 0 amide bonds. The summed E-state index contributed by atoms with van der Waals surface area (Å²) in [4.78, 5) is 10.6. The van der Waals surface area contributed by atoms with Crippen LogP contribution in [0.25, 0.3) is 0 Å². The number of nitrogen functional groups attached to an aromatic ring is 1. The summed E-state index contributed by atoms with van der Waals surface area (Å²) in [6, 6.07) is 5.27. The van der Waals surface area contributed by atoms with E-state index in [4.69, 9.17) is 15.6 Å². The highest BCUT2D eigenvalue weighted by molar-refractivity contribution is 5.69. The predicted octanol–water partition coefficient (Wildman–Crippen LogP) is 1.68. The molecule has 0 aliphatic rings. The summed E-state index contributed by atoms with van der Waals surface area (Å²) < 4.78 is 5.38. The molecule has 15 heavy (non-hydrogen) atoms. The maximum Gasteiger partial charge on any atom is 0.309 e. The van der Waals surface area contributed by atoms with Gasteiger partial charge < -0.3 is 15.6 Å². The second-order valence-electron chi connectivity index (χ2n) is 3.58. The molecule has 0 saturated carbocycles. The topological polar surface area (TPSA) is 72.5 Å². The van der Waals surface area contributed by atoms with Gasteiger partial charge in [0.1, 0.15) is 12.4 Å². The van der Waals surface area contributed by atoms with Crippen molar-refractivity contribution >= 4 is 11.7 Å². The fourth-order valence-electron chi connectivity index (χ4n) is 1.12. The zero-order valence-electron chi connectivity index (χ0n) is 8.86. The Bertz CT molecular complexity index is 363. The van der Waals surface area contributed by atoms with Crippen molar-refractivity contribution in [2.75, 3.05) is 12.3 Å². The van der Waals surface area contributed by atoms with Crippen molar-refractivity contribution < 1.29 is 14.6 Å². The SMILES string of the molecule is Cc1cc(N)ccc1OCC(C)C(=O)O. The van der Waals surface area contributed by atoms with Crippen LogP contribution < -0.4 is 10.5 Å². The summed E-state index contributed by atoms with van der Waals surface area (Å²) >= 11 is 0. The first-order valence-electron chi connectivity index (χ1n) is 4.72. The lowest BCUT2D eigenvalue weighted by atomic mass is 10.2. The van der Waals surface area contributed by atoms with Crippen LogP contribution in [0.2, 0.25) is 0 Å². The Balaban J connectivity index is 2.62. The van der Waals surface area contributed by atoms with Crippen LogP contribution in [0.3, 0.4) is 0 Å². The van der Waals surface area contributed by atoms with Crippen LogP contribution in [0.1, 0.15) is 12.5 Å². The molecule has 1 atom stereocenters. The van der Waals surface area contributed by atoms with E-state index in [9.17, 15) is 4.79 Å².